The summed E-state index contributed by atoms with van der Waals surface area (Å²) in [5, 5.41) is 4.66. The van der Waals surface area contributed by atoms with E-state index in [0.717, 1.165) is 51.3 Å². The highest BCUT2D eigenvalue weighted by Gasteiger charge is 2.19. The summed E-state index contributed by atoms with van der Waals surface area (Å²) < 4.78 is 17.5. The Morgan fingerprint density at radius 3 is 2.81 bits per heavy atom. The van der Waals surface area contributed by atoms with Gasteiger partial charge in [-0.3, -0.25) is 0 Å². The van der Waals surface area contributed by atoms with Gasteiger partial charge in [0.15, 0.2) is 0 Å². The Kier molecular flexibility index (Phi) is 5.18. The summed E-state index contributed by atoms with van der Waals surface area (Å²) in [6.45, 7) is 1.96. The number of benzene rings is 2. The van der Waals surface area contributed by atoms with Crippen LogP contribution in [-0.4, -0.2) is 25.8 Å². The Balaban J connectivity index is 1.70. The normalized spacial score (nSPS) is 13.3. The third-order valence-corrected chi connectivity index (χ3v) is 5.34. The standard InChI is InChI=1S/C21H21BrN2O3/c1-25-15-5-3-13(20(10-15)26-2)11-23-21-17-7-8-27-12-18(17)16-6-4-14(22)9-19(16)24-21/h3-6,9-10H,7-8,11-12H2,1-2H3,(H,23,24). The van der Waals surface area contributed by atoms with E-state index in [1.54, 1.807) is 14.2 Å². The van der Waals surface area contributed by atoms with Crippen LogP contribution in [0.4, 0.5) is 5.82 Å². The second kappa shape index (κ2) is 7.74. The number of anilines is 1. The largest absolute Gasteiger partial charge is 0.497 e. The second-order valence-corrected chi connectivity index (χ2v) is 7.33. The van der Waals surface area contributed by atoms with Crippen molar-refractivity contribution in [1.82, 2.24) is 4.98 Å². The Labute approximate surface area is 166 Å². The van der Waals surface area contributed by atoms with E-state index >= 15 is 0 Å². The number of hydrogen-bond donors (Lipinski definition) is 1. The molecule has 1 aliphatic heterocycles. The number of rotatable bonds is 5. The van der Waals surface area contributed by atoms with Crippen molar-refractivity contribution >= 4 is 32.7 Å². The molecule has 5 nitrogen and oxygen atoms in total. The molecule has 2 heterocycles. The predicted octanol–water partition coefficient (Wildman–Crippen LogP) is 4.70. The van der Waals surface area contributed by atoms with E-state index in [2.05, 4.69) is 27.3 Å². The summed E-state index contributed by atoms with van der Waals surface area (Å²) in [5.41, 5.74) is 4.47. The molecule has 1 aliphatic rings. The Morgan fingerprint density at radius 1 is 1.11 bits per heavy atom. The molecule has 1 N–H and O–H groups in total. The summed E-state index contributed by atoms with van der Waals surface area (Å²) in [6, 6.07) is 12.0. The fourth-order valence-corrected chi connectivity index (χ4v) is 3.80. The van der Waals surface area contributed by atoms with Crippen LogP contribution in [0.15, 0.2) is 40.9 Å². The molecule has 3 aromatic rings. The van der Waals surface area contributed by atoms with Gasteiger partial charge in [0.2, 0.25) is 0 Å². The second-order valence-electron chi connectivity index (χ2n) is 6.41. The van der Waals surface area contributed by atoms with Crippen LogP contribution in [0.25, 0.3) is 10.9 Å². The lowest BCUT2D eigenvalue weighted by atomic mass is 9.99. The lowest BCUT2D eigenvalue weighted by molar-refractivity contribution is 0.112. The third-order valence-electron chi connectivity index (χ3n) is 4.85. The molecule has 0 atom stereocenters. The minimum Gasteiger partial charge on any atom is -0.497 e. The first-order valence-corrected chi connectivity index (χ1v) is 9.62. The average molecular weight is 429 g/mol. The molecule has 2 aromatic carbocycles. The van der Waals surface area contributed by atoms with Crippen molar-refractivity contribution in [1.29, 1.82) is 0 Å². The van der Waals surface area contributed by atoms with Crippen LogP contribution in [0.3, 0.4) is 0 Å². The molecule has 0 saturated carbocycles. The summed E-state index contributed by atoms with van der Waals surface area (Å²) >= 11 is 3.54. The number of fused-ring (bicyclic) bond motifs is 3. The van der Waals surface area contributed by atoms with E-state index in [0.29, 0.717) is 13.2 Å². The summed E-state index contributed by atoms with van der Waals surface area (Å²) in [7, 11) is 3.32. The van der Waals surface area contributed by atoms with Crippen LogP contribution in [0, 0.1) is 0 Å². The Hall–Kier alpha value is -2.31. The SMILES string of the molecule is COc1ccc(CNc2nc3cc(Br)ccc3c3c2CCOC3)c(OC)c1. The van der Waals surface area contributed by atoms with Crippen molar-refractivity contribution in [3.8, 4) is 11.5 Å². The van der Waals surface area contributed by atoms with Gasteiger partial charge in [-0.25, -0.2) is 4.98 Å². The number of methoxy groups -OCH3 is 2. The number of aromatic nitrogens is 1. The first kappa shape index (κ1) is 18.1. The maximum Gasteiger partial charge on any atom is 0.130 e. The number of halogens is 1. The topological polar surface area (TPSA) is 52.6 Å². The van der Waals surface area contributed by atoms with Crippen molar-refractivity contribution in [3.05, 3.63) is 57.6 Å². The number of pyridine rings is 1. The molecule has 6 heteroatoms. The van der Waals surface area contributed by atoms with E-state index in [-0.39, 0.29) is 0 Å². The zero-order valence-corrected chi connectivity index (χ0v) is 16.9. The maximum absolute atomic E-state index is 5.71. The molecule has 0 unspecified atom stereocenters. The van der Waals surface area contributed by atoms with Crippen molar-refractivity contribution in [2.45, 2.75) is 19.6 Å². The number of hydrogen-bond acceptors (Lipinski definition) is 5. The van der Waals surface area contributed by atoms with Gasteiger partial charge in [0.25, 0.3) is 0 Å². The van der Waals surface area contributed by atoms with Crippen LogP contribution >= 0.6 is 15.9 Å². The molecule has 0 radical (unpaired) electrons. The zero-order valence-electron chi connectivity index (χ0n) is 15.3. The smallest absolute Gasteiger partial charge is 0.130 e. The van der Waals surface area contributed by atoms with Gasteiger partial charge in [-0.15, -0.1) is 0 Å². The molecule has 0 amide bonds. The van der Waals surface area contributed by atoms with E-state index in [4.69, 9.17) is 19.2 Å². The minimum absolute atomic E-state index is 0.618. The van der Waals surface area contributed by atoms with Gasteiger partial charge in [-0.1, -0.05) is 22.0 Å². The predicted molar refractivity (Wildman–Crippen MR) is 110 cm³/mol. The number of ether oxygens (including phenoxy) is 3. The molecule has 4 rings (SSSR count). The van der Waals surface area contributed by atoms with E-state index in [1.165, 1.54) is 11.1 Å². The summed E-state index contributed by atoms with van der Waals surface area (Å²) in [4.78, 5) is 4.89. The first-order valence-electron chi connectivity index (χ1n) is 8.83. The van der Waals surface area contributed by atoms with Crippen LogP contribution in [0.5, 0.6) is 11.5 Å². The van der Waals surface area contributed by atoms with Crippen molar-refractivity contribution in [2.24, 2.45) is 0 Å². The molecule has 0 fully saturated rings. The van der Waals surface area contributed by atoms with Crippen molar-refractivity contribution in [3.63, 3.8) is 0 Å². The molecular weight excluding hydrogens is 408 g/mol. The minimum atomic E-state index is 0.618. The van der Waals surface area contributed by atoms with E-state index in [1.807, 2.05) is 30.3 Å². The summed E-state index contributed by atoms with van der Waals surface area (Å²) in [6.07, 6.45) is 0.858. The molecule has 0 bridgehead atoms. The quantitative estimate of drug-likeness (QED) is 0.638. The van der Waals surface area contributed by atoms with Crippen molar-refractivity contribution < 1.29 is 14.2 Å². The first-order chi connectivity index (χ1) is 13.2. The van der Waals surface area contributed by atoms with Gasteiger partial charge in [-0.2, -0.15) is 0 Å². The number of nitrogens with one attached hydrogen (secondary N) is 1. The van der Waals surface area contributed by atoms with Gasteiger partial charge in [-0.05, 0) is 36.2 Å². The van der Waals surface area contributed by atoms with Gasteiger partial charge in [0, 0.05) is 33.6 Å². The highest BCUT2D eigenvalue weighted by atomic mass is 79.9. The van der Waals surface area contributed by atoms with Crippen LogP contribution in [0.1, 0.15) is 16.7 Å². The van der Waals surface area contributed by atoms with Gasteiger partial charge >= 0.3 is 0 Å². The average Bonchev–Trinajstić information content (AvgIpc) is 2.71. The van der Waals surface area contributed by atoms with Crippen molar-refractivity contribution in [2.75, 3.05) is 26.1 Å². The van der Waals surface area contributed by atoms with Gasteiger partial charge in [0.05, 0.1) is 33.0 Å². The maximum atomic E-state index is 5.71. The third kappa shape index (κ3) is 3.59. The molecule has 0 saturated heterocycles. The molecule has 27 heavy (non-hydrogen) atoms. The molecular formula is C21H21BrN2O3. The van der Waals surface area contributed by atoms with Gasteiger partial charge < -0.3 is 19.5 Å². The molecule has 1 aromatic heterocycles. The monoisotopic (exact) mass is 428 g/mol. The van der Waals surface area contributed by atoms with Crippen LogP contribution in [-0.2, 0) is 24.3 Å². The van der Waals surface area contributed by atoms with E-state index in [9.17, 15) is 0 Å². The Bertz CT molecular complexity index is 991. The lowest BCUT2D eigenvalue weighted by Crippen LogP contribution is -2.15. The molecule has 0 aliphatic carbocycles. The Morgan fingerprint density at radius 2 is 2.00 bits per heavy atom. The lowest BCUT2D eigenvalue weighted by Gasteiger charge is -2.22. The molecule has 140 valence electrons. The molecule has 0 spiro atoms. The fraction of sp³-hybridized carbons (Fsp3) is 0.286. The highest BCUT2D eigenvalue weighted by Crippen LogP contribution is 2.33. The zero-order chi connectivity index (χ0) is 18.8. The number of nitrogens with zero attached hydrogens (tertiary/aromatic N) is 1. The van der Waals surface area contributed by atoms with Crippen LogP contribution < -0.4 is 14.8 Å². The highest BCUT2D eigenvalue weighted by molar-refractivity contribution is 9.10. The van der Waals surface area contributed by atoms with Crippen LogP contribution in [0.2, 0.25) is 0 Å². The van der Waals surface area contributed by atoms with E-state index < -0.39 is 0 Å². The summed E-state index contributed by atoms with van der Waals surface area (Å²) in [5.74, 6) is 2.48. The fourth-order valence-electron chi connectivity index (χ4n) is 3.45. The van der Waals surface area contributed by atoms with Gasteiger partial charge in [0.1, 0.15) is 17.3 Å².